The van der Waals surface area contributed by atoms with Crippen molar-refractivity contribution in [3.63, 3.8) is 0 Å². The summed E-state index contributed by atoms with van der Waals surface area (Å²) in [4.78, 5) is 29.7. The Labute approximate surface area is 190 Å². The number of nitrogens with zero attached hydrogens (tertiary/aromatic N) is 4. The summed E-state index contributed by atoms with van der Waals surface area (Å²) in [5.41, 5.74) is 2.40. The van der Waals surface area contributed by atoms with E-state index in [0.717, 1.165) is 12.0 Å². The Kier molecular flexibility index (Phi) is 6.84. The van der Waals surface area contributed by atoms with Gasteiger partial charge in [0.15, 0.2) is 0 Å². The average Bonchev–Trinajstić information content (AvgIpc) is 3.34. The predicted octanol–water partition coefficient (Wildman–Crippen LogP) is 4.57. The second kappa shape index (κ2) is 10.3. The van der Waals surface area contributed by atoms with Crippen LogP contribution in [-0.2, 0) is 12.8 Å². The molecule has 0 unspecified atom stereocenters. The van der Waals surface area contributed by atoms with E-state index in [2.05, 4.69) is 10.1 Å². The van der Waals surface area contributed by atoms with Gasteiger partial charge in [0.1, 0.15) is 0 Å². The van der Waals surface area contributed by atoms with Crippen molar-refractivity contribution in [2.24, 2.45) is 0 Å². The fourth-order valence-electron chi connectivity index (χ4n) is 3.42. The van der Waals surface area contributed by atoms with Gasteiger partial charge in [-0.1, -0.05) is 53.7 Å². The van der Waals surface area contributed by atoms with E-state index in [-0.39, 0.29) is 11.6 Å². The number of non-ortho nitro benzene ring substituents is 1. The van der Waals surface area contributed by atoms with Gasteiger partial charge in [-0.25, -0.2) is 0 Å². The maximum absolute atomic E-state index is 13.1. The second-order valence-corrected chi connectivity index (χ2v) is 7.46. The smallest absolute Gasteiger partial charge is 0.269 e. The lowest BCUT2D eigenvalue weighted by Gasteiger charge is -2.22. The zero-order valence-electron chi connectivity index (χ0n) is 17.8. The number of aromatic nitrogens is 2. The van der Waals surface area contributed by atoms with Crippen LogP contribution in [0.5, 0.6) is 0 Å². The molecule has 1 heterocycles. The molecule has 3 aromatic carbocycles. The molecule has 0 fully saturated rings. The maximum Gasteiger partial charge on any atom is 0.269 e. The number of carbonyl (C=O) groups is 1. The minimum atomic E-state index is -0.459. The topological polar surface area (TPSA) is 102 Å². The molecule has 0 saturated heterocycles. The Bertz CT molecular complexity index is 1210. The summed E-state index contributed by atoms with van der Waals surface area (Å²) in [6.07, 6.45) is 1.13. The van der Waals surface area contributed by atoms with E-state index in [4.69, 9.17) is 4.52 Å². The average molecular weight is 442 g/mol. The molecular formula is C25H22N4O4. The number of carbonyl (C=O) groups excluding carboxylic acids is 1. The monoisotopic (exact) mass is 442 g/mol. The van der Waals surface area contributed by atoms with Crippen LogP contribution in [0.3, 0.4) is 0 Å². The third-order valence-electron chi connectivity index (χ3n) is 5.22. The molecule has 1 amide bonds. The SMILES string of the molecule is O=C(c1ccccc1)N(CCc1ccccc1)CCc1nc(-c2ccc([N+](=O)[O-])cc2)no1. The summed E-state index contributed by atoms with van der Waals surface area (Å²) in [6.45, 7) is 0.976. The molecule has 0 aliphatic heterocycles. The van der Waals surface area contributed by atoms with Gasteiger partial charge in [0.25, 0.3) is 11.6 Å². The summed E-state index contributed by atoms with van der Waals surface area (Å²) in [5, 5.41) is 14.8. The van der Waals surface area contributed by atoms with Crippen LogP contribution in [0, 0.1) is 10.1 Å². The van der Waals surface area contributed by atoms with Crippen molar-refractivity contribution in [1.82, 2.24) is 15.0 Å². The fraction of sp³-hybridized carbons (Fsp3) is 0.160. The van der Waals surface area contributed by atoms with Crippen LogP contribution in [0.4, 0.5) is 5.69 Å². The molecule has 4 rings (SSSR count). The Hall–Kier alpha value is -4.33. The minimum Gasteiger partial charge on any atom is -0.339 e. The highest BCUT2D eigenvalue weighted by Crippen LogP contribution is 2.20. The van der Waals surface area contributed by atoms with E-state index in [9.17, 15) is 14.9 Å². The second-order valence-electron chi connectivity index (χ2n) is 7.46. The summed E-state index contributed by atoms with van der Waals surface area (Å²) >= 11 is 0. The lowest BCUT2D eigenvalue weighted by atomic mass is 10.1. The van der Waals surface area contributed by atoms with Crippen molar-refractivity contribution >= 4 is 11.6 Å². The molecule has 166 valence electrons. The van der Waals surface area contributed by atoms with Gasteiger partial charge in [-0.05, 0) is 36.2 Å². The highest BCUT2D eigenvalue weighted by molar-refractivity contribution is 5.94. The molecule has 0 radical (unpaired) electrons. The molecule has 0 spiro atoms. The van der Waals surface area contributed by atoms with E-state index in [1.54, 1.807) is 29.2 Å². The summed E-state index contributed by atoms with van der Waals surface area (Å²) in [6, 6.07) is 25.1. The molecule has 0 aliphatic rings. The van der Waals surface area contributed by atoms with Gasteiger partial charge in [-0.15, -0.1) is 0 Å². The number of hydrogen-bond acceptors (Lipinski definition) is 6. The van der Waals surface area contributed by atoms with Crippen LogP contribution >= 0.6 is 0 Å². The molecule has 0 bridgehead atoms. The first-order valence-corrected chi connectivity index (χ1v) is 10.6. The van der Waals surface area contributed by atoms with Crippen LogP contribution in [0.25, 0.3) is 11.4 Å². The molecule has 0 N–H and O–H groups in total. The van der Waals surface area contributed by atoms with E-state index in [1.807, 2.05) is 48.5 Å². The van der Waals surface area contributed by atoms with Crippen LogP contribution in [0.1, 0.15) is 21.8 Å². The van der Waals surface area contributed by atoms with E-state index in [1.165, 1.54) is 12.1 Å². The van der Waals surface area contributed by atoms with Crippen LogP contribution in [0.2, 0.25) is 0 Å². The van der Waals surface area contributed by atoms with Crippen molar-refractivity contribution < 1.29 is 14.2 Å². The van der Waals surface area contributed by atoms with E-state index >= 15 is 0 Å². The third kappa shape index (κ3) is 5.68. The zero-order chi connectivity index (χ0) is 23.0. The van der Waals surface area contributed by atoms with Crippen molar-refractivity contribution in [2.45, 2.75) is 12.8 Å². The summed E-state index contributed by atoms with van der Waals surface area (Å²) in [7, 11) is 0. The Morgan fingerprint density at radius 3 is 2.18 bits per heavy atom. The number of hydrogen-bond donors (Lipinski definition) is 0. The minimum absolute atomic E-state index is 0.00375. The van der Waals surface area contributed by atoms with Gasteiger partial charge >= 0.3 is 0 Å². The lowest BCUT2D eigenvalue weighted by molar-refractivity contribution is -0.384. The van der Waals surface area contributed by atoms with E-state index in [0.29, 0.717) is 42.4 Å². The molecule has 8 nitrogen and oxygen atoms in total. The number of rotatable bonds is 9. The molecule has 1 aromatic heterocycles. The normalized spacial score (nSPS) is 10.7. The number of amides is 1. The van der Waals surface area contributed by atoms with Gasteiger partial charge in [0.2, 0.25) is 11.7 Å². The largest absolute Gasteiger partial charge is 0.339 e. The van der Waals surface area contributed by atoms with Gasteiger partial charge < -0.3 is 9.42 Å². The highest BCUT2D eigenvalue weighted by atomic mass is 16.6. The van der Waals surface area contributed by atoms with Crippen molar-refractivity contribution in [3.05, 3.63) is 112 Å². The number of nitro benzene ring substituents is 1. The highest BCUT2D eigenvalue weighted by Gasteiger charge is 2.18. The van der Waals surface area contributed by atoms with Gasteiger partial charge in [-0.3, -0.25) is 14.9 Å². The molecule has 8 heteroatoms. The summed E-state index contributed by atoms with van der Waals surface area (Å²) < 4.78 is 5.36. The third-order valence-corrected chi connectivity index (χ3v) is 5.22. The van der Waals surface area contributed by atoms with Crippen LogP contribution in [0.15, 0.2) is 89.5 Å². The summed E-state index contributed by atoms with van der Waals surface area (Å²) in [5.74, 6) is 0.695. The molecule has 0 atom stereocenters. The van der Waals surface area contributed by atoms with Crippen molar-refractivity contribution in [2.75, 3.05) is 13.1 Å². The maximum atomic E-state index is 13.1. The van der Waals surface area contributed by atoms with Crippen molar-refractivity contribution in [3.8, 4) is 11.4 Å². The Morgan fingerprint density at radius 1 is 0.879 bits per heavy atom. The van der Waals surface area contributed by atoms with E-state index < -0.39 is 4.92 Å². The van der Waals surface area contributed by atoms with Gasteiger partial charge in [-0.2, -0.15) is 4.98 Å². The molecule has 0 aliphatic carbocycles. The Morgan fingerprint density at radius 2 is 1.52 bits per heavy atom. The van der Waals surface area contributed by atoms with Gasteiger partial charge in [0.05, 0.1) is 4.92 Å². The Balaban J connectivity index is 1.45. The molecule has 0 saturated carbocycles. The first-order valence-electron chi connectivity index (χ1n) is 10.6. The quantitative estimate of drug-likeness (QED) is 0.278. The van der Waals surface area contributed by atoms with Crippen molar-refractivity contribution in [1.29, 1.82) is 0 Å². The number of benzene rings is 3. The first kappa shape index (κ1) is 21.9. The lowest BCUT2D eigenvalue weighted by Crippen LogP contribution is -2.34. The van der Waals surface area contributed by atoms with Crippen LogP contribution < -0.4 is 0 Å². The standard InChI is InChI=1S/C25H22N4O4/c30-25(21-9-5-2-6-10-21)28(17-15-19-7-3-1-4-8-19)18-16-23-26-24(27-33-23)20-11-13-22(14-12-20)29(31)32/h1-14H,15-18H2. The zero-order valence-corrected chi connectivity index (χ0v) is 17.8. The molecular weight excluding hydrogens is 420 g/mol. The fourth-order valence-corrected chi connectivity index (χ4v) is 3.42. The number of nitro groups is 1. The molecule has 33 heavy (non-hydrogen) atoms. The van der Waals surface area contributed by atoms with Gasteiger partial charge in [0, 0.05) is 42.8 Å². The predicted molar refractivity (Wildman–Crippen MR) is 123 cm³/mol. The first-order chi connectivity index (χ1) is 16.1. The molecule has 4 aromatic rings. The van der Waals surface area contributed by atoms with Crippen LogP contribution in [-0.4, -0.2) is 39.0 Å².